The average molecular weight is 280 g/mol. The number of benzene rings is 1. The minimum Gasteiger partial charge on any atom is -0.264 e. The first kappa shape index (κ1) is 14.1. The van der Waals surface area contributed by atoms with Gasteiger partial charge in [-0.2, -0.15) is 0 Å². The van der Waals surface area contributed by atoms with Crippen molar-refractivity contribution in [1.29, 1.82) is 0 Å². The maximum atomic E-state index is 11.9. The highest BCUT2D eigenvalue weighted by molar-refractivity contribution is 7.90. The van der Waals surface area contributed by atoms with Gasteiger partial charge in [-0.3, -0.25) is 9.71 Å². The number of rotatable bonds is 5. The number of hydrogen-bond acceptors (Lipinski definition) is 3. The van der Waals surface area contributed by atoms with Gasteiger partial charge in [0.1, 0.15) is 5.84 Å². The molecule has 1 N–H and O–H groups in total. The molecule has 1 aromatic carbocycles. The number of nitrogens with one attached hydrogen (secondary N) is 1. The zero-order valence-corrected chi connectivity index (χ0v) is 12.2. The fourth-order valence-electron chi connectivity index (χ4n) is 2.20. The Hall–Kier alpha value is -1.36. The van der Waals surface area contributed by atoms with Crippen molar-refractivity contribution in [2.45, 2.75) is 50.5 Å². The van der Waals surface area contributed by atoms with Gasteiger partial charge in [0.15, 0.2) is 0 Å². The van der Waals surface area contributed by atoms with Gasteiger partial charge in [-0.15, -0.1) is 0 Å². The Bertz CT molecular complexity index is 579. The first-order valence-electron chi connectivity index (χ1n) is 6.74. The van der Waals surface area contributed by atoms with Crippen LogP contribution in [0.25, 0.3) is 0 Å². The van der Waals surface area contributed by atoms with E-state index in [9.17, 15) is 8.42 Å². The van der Waals surface area contributed by atoms with Gasteiger partial charge in [-0.1, -0.05) is 38.3 Å². The highest BCUT2D eigenvalue weighted by Crippen LogP contribution is 2.23. The molecule has 1 heterocycles. The summed E-state index contributed by atoms with van der Waals surface area (Å²) in [5.74, 6) is 0.486. The summed E-state index contributed by atoms with van der Waals surface area (Å²) in [5, 5.41) is 0. The third-order valence-electron chi connectivity index (χ3n) is 3.24. The van der Waals surface area contributed by atoms with Gasteiger partial charge in [0.25, 0.3) is 10.0 Å². The number of aliphatic imine (C=N–C) groups is 1. The van der Waals surface area contributed by atoms with Gasteiger partial charge in [0.05, 0.1) is 4.90 Å². The van der Waals surface area contributed by atoms with Crippen LogP contribution in [-0.2, 0) is 10.0 Å². The Labute approximate surface area is 115 Å². The van der Waals surface area contributed by atoms with Gasteiger partial charge < -0.3 is 0 Å². The summed E-state index contributed by atoms with van der Waals surface area (Å²) in [6.07, 6.45) is 4.49. The van der Waals surface area contributed by atoms with Crippen molar-refractivity contribution in [3.05, 3.63) is 29.8 Å². The molecule has 0 bridgehead atoms. The van der Waals surface area contributed by atoms with Crippen molar-refractivity contribution in [3.63, 3.8) is 0 Å². The first-order valence-corrected chi connectivity index (χ1v) is 8.23. The summed E-state index contributed by atoms with van der Waals surface area (Å²) in [4.78, 5) is 4.84. The molecule has 0 saturated heterocycles. The number of fused-ring (bicyclic) bond motifs is 1. The van der Waals surface area contributed by atoms with Crippen LogP contribution in [-0.4, -0.2) is 20.3 Å². The lowest BCUT2D eigenvalue weighted by Crippen LogP contribution is -2.23. The highest BCUT2D eigenvalue weighted by atomic mass is 32.2. The molecule has 1 unspecified atom stereocenters. The van der Waals surface area contributed by atoms with E-state index in [-0.39, 0.29) is 6.04 Å². The van der Waals surface area contributed by atoms with Crippen LogP contribution in [0.2, 0.25) is 0 Å². The smallest absolute Gasteiger partial charge is 0.263 e. The molecule has 0 amide bonds. The van der Waals surface area contributed by atoms with Crippen LogP contribution in [0.5, 0.6) is 0 Å². The number of nitrogens with zero attached hydrogens (tertiary/aromatic N) is 1. The fourth-order valence-corrected chi connectivity index (χ4v) is 3.44. The van der Waals surface area contributed by atoms with Crippen molar-refractivity contribution in [2.75, 3.05) is 0 Å². The molecule has 19 heavy (non-hydrogen) atoms. The zero-order chi connectivity index (χ0) is 13.9. The molecule has 0 fully saturated rings. The maximum Gasteiger partial charge on any atom is 0.263 e. The summed E-state index contributed by atoms with van der Waals surface area (Å²) in [5.41, 5.74) is 0.685. The molecule has 1 aliphatic rings. The van der Waals surface area contributed by atoms with E-state index in [1.165, 1.54) is 12.8 Å². The molecule has 1 aromatic rings. The maximum absolute atomic E-state index is 11.9. The Balaban J connectivity index is 2.19. The summed E-state index contributed by atoms with van der Waals surface area (Å²) >= 11 is 0. The van der Waals surface area contributed by atoms with Gasteiger partial charge in [-0.25, -0.2) is 8.42 Å². The van der Waals surface area contributed by atoms with E-state index in [4.69, 9.17) is 0 Å². The molecule has 1 aliphatic heterocycles. The van der Waals surface area contributed by atoms with E-state index >= 15 is 0 Å². The van der Waals surface area contributed by atoms with E-state index < -0.39 is 10.0 Å². The van der Waals surface area contributed by atoms with Crippen LogP contribution in [0.1, 0.15) is 45.1 Å². The van der Waals surface area contributed by atoms with Crippen LogP contribution in [0.4, 0.5) is 0 Å². The zero-order valence-electron chi connectivity index (χ0n) is 11.4. The SMILES string of the molecule is CCCCCC(C)N=C1NS(=O)(=O)c2ccccc21. The van der Waals surface area contributed by atoms with Gasteiger partial charge in [0, 0.05) is 11.6 Å². The molecule has 0 radical (unpaired) electrons. The predicted octanol–water partition coefficient (Wildman–Crippen LogP) is 2.69. The van der Waals surface area contributed by atoms with E-state index in [0.717, 1.165) is 12.8 Å². The summed E-state index contributed by atoms with van der Waals surface area (Å²) in [6.45, 7) is 4.19. The van der Waals surface area contributed by atoms with Crippen LogP contribution >= 0.6 is 0 Å². The molecule has 104 valence electrons. The van der Waals surface area contributed by atoms with Crippen LogP contribution in [0.3, 0.4) is 0 Å². The molecule has 2 rings (SSSR count). The van der Waals surface area contributed by atoms with Gasteiger partial charge in [-0.05, 0) is 25.5 Å². The van der Waals surface area contributed by atoms with Crippen molar-refractivity contribution < 1.29 is 8.42 Å². The fraction of sp³-hybridized carbons (Fsp3) is 0.500. The number of sulfonamides is 1. The molecule has 0 saturated carbocycles. The Morgan fingerprint density at radius 3 is 2.74 bits per heavy atom. The topological polar surface area (TPSA) is 58.5 Å². The lowest BCUT2D eigenvalue weighted by molar-refractivity contribution is 0.590. The Morgan fingerprint density at radius 1 is 1.26 bits per heavy atom. The van der Waals surface area contributed by atoms with Crippen LogP contribution in [0, 0.1) is 0 Å². The lowest BCUT2D eigenvalue weighted by Gasteiger charge is -2.07. The van der Waals surface area contributed by atoms with Gasteiger partial charge >= 0.3 is 0 Å². The van der Waals surface area contributed by atoms with Gasteiger partial charge in [0.2, 0.25) is 0 Å². The number of unbranched alkanes of at least 4 members (excludes halogenated alkanes) is 2. The molecule has 0 aliphatic carbocycles. The number of hydrogen-bond donors (Lipinski definition) is 1. The van der Waals surface area contributed by atoms with Crippen molar-refractivity contribution >= 4 is 15.9 Å². The second-order valence-corrected chi connectivity index (χ2v) is 6.57. The summed E-state index contributed by atoms with van der Waals surface area (Å²) in [6, 6.07) is 7.10. The molecular weight excluding hydrogens is 260 g/mol. The Morgan fingerprint density at radius 2 is 2.00 bits per heavy atom. The monoisotopic (exact) mass is 280 g/mol. The summed E-state index contributed by atoms with van der Waals surface area (Å²) in [7, 11) is -3.41. The Kier molecular flexibility index (Phi) is 4.24. The molecule has 1 atom stereocenters. The molecule has 0 spiro atoms. The van der Waals surface area contributed by atoms with E-state index in [1.54, 1.807) is 18.2 Å². The van der Waals surface area contributed by atoms with Crippen molar-refractivity contribution in [2.24, 2.45) is 4.99 Å². The molecule has 5 heteroatoms. The van der Waals surface area contributed by atoms with Crippen molar-refractivity contribution in [1.82, 2.24) is 4.72 Å². The molecular formula is C14H20N2O2S. The van der Waals surface area contributed by atoms with Crippen LogP contribution < -0.4 is 4.72 Å². The highest BCUT2D eigenvalue weighted by Gasteiger charge is 2.30. The van der Waals surface area contributed by atoms with Crippen molar-refractivity contribution in [3.8, 4) is 0 Å². The van der Waals surface area contributed by atoms with E-state index in [0.29, 0.717) is 16.3 Å². The quantitative estimate of drug-likeness (QED) is 0.843. The second-order valence-electron chi connectivity index (χ2n) is 4.92. The van der Waals surface area contributed by atoms with E-state index in [1.807, 2.05) is 13.0 Å². The van der Waals surface area contributed by atoms with E-state index in [2.05, 4.69) is 16.6 Å². The van der Waals surface area contributed by atoms with Crippen LogP contribution in [0.15, 0.2) is 34.2 Å². The third kappa shape index (κ3) is 3.15. The third-order valence-corrected chi connectivity index (χ3v) is 4.63. The summed E-state index contributed by atoms with van der Waals surface area (Å²) < 4.78 is 26.4. The minimum atomic E-state index is -3.41. The predicted molar refractivity (Wildman–Crippen MR) is 76.9 cm³/mol. The standard InChI is InChI=1S/C14H20N2O2S/c1-3-4-5-8-11(2)15-14-12-9-6-7-10-13(12)19(17,18)16-14/h6-7,9-11H,3-5,8H2,1-2H3,(H,15,16). The second kappa shape index (κ2) is 5.74. The number of amidine groups is 1. The average Bonchev–Trinajstić information content (AvgIpc) is 2.62. The minimum absolute atomic E-state index is 0.135. The lowest BCUT2D eigenvalue weighted by atomic mass is 10.1. The molecule has 4 nitrogen and oxygen atoms in total. The first-order chi connectivity index (χ1) is 9.04. The normalized spacial score (nSPS) is 20.0. The largest absolute Gasteiger partial charge is 0.264 e. The molecule has 0 aromatic heterocycles.